The van der Waals surface area contributed by atoms with Gasteiger partial charge in [-0.05, 0) is 60.9 Å². The van der Waals surface area contributed by atoms with Crippen molar-refractivity contribution < 1.29 is 14.2 Å². The zero-order valence-electron chi connectivity index (χ0n) is 14.8. The Morgan fingerprint density at radius 2 is 1.75 bits per heavy atom. The van der Waals surface area contributed by atoms with E-state index < -0.39 is 0 Å². The van der Waals surface area contributed by atoms with Crippen molar-refractivity contribution in [1.29, 1.82) is 0 Å². The molecule has 0 N–H and O–H groups in total. The maximum Gasteiger partial charge on any atom is 0.161 e. The molecule has 2 rings (SSSR count). The highest BCUT2D eigenvalue weighted by molar-refractivity contribution is 5.83. The van der Waals surface area contributed by atoms with Crippen LogP contribution in [0.1, 0.15) is 26.3 Å². The van der Waals surface area contributed by atoms with Crippen LogP contribution in [0.3, 0.4) is 0 Å². The minimum atomic E-state index is 0.468. The summed E-state index contributed by atoms with van der Waals surface area (Å²) in [6.07, 6.45) is 1.82. The Morgan fingerprint density at radius 1 is 1.00 bits per heavy atom. The van der Waals surface area contributed by atoms with Gasteiger partial charge in [0.1, 0.15) is 5.75 Å². The zero-order chi connectivity index (χ0) is 17.4. The van der Waals surface area contributed by atoms with Gasteiger partial charge in [-0.1, -0.05) is 13.8 Å². The summed E-state index contributed by atoms with van der Waals surface area (Å²) in [6, 6.07) is 13.5. The fourth-order valence-electron chi connectivity index (χ4n) is 2.07. The number of ether oxygens (including phenoxy) is 3. The summed E-state index contributed by atoms with van der Waals surface area (Å²) in [5.41, 5.74) is 1.83. The summed E-state index contributed by atoms with van der Waals surface area (Å²) in [4.78, 5) is 4.48. The molecule has 0 atom stereocenters. The molecule has 4 heteroatoms. The van der Waals surface area contributed by atoms with E-state index in [1.54, 1.807) is 7.11 Å². The Labute approximate surface area is 144 Å². The SMILES string of the molecule is CCOc1cc(C=Nc2ccc(OC)cc2)ccc1OCC(C)C. The first-order chi connectivity index (χ1) is 11.6. The van der Waals surface area contributed by atoms with Crippen LogP contribution in [0.5, 0.6) is 17.2 Å². The van der Waals surface area contributed by atoms with Gasteiger partial charge in [-0.25, -0.2) is 0 Å². The molecule has 24 heavy (non-hydrogen) atoms. The Bertz CT molecular complexity index is 663. The molecule has 2 aromatic rings. The van der Waals surface area contributed by atoms with Gasteiger partial charge in [0.05, 0.1) is 26.0 Å². The largest absolute Gasteiger partial charge is 0.497 e. The Morgan fingerprint density at radius 3 is 2.38 bits per heavy atom. The average molecular weight is 327 g/mol. The van der Waals surface area contributed by atoms with E-state index in [0.717, 1.165) is 28.5 Å². The molecule has 2 aromatic carbocycles. The van der Waals surface area contributed by atoms with Crippen LogP contribution in [0.2, 0.25) is 0 Å². The molecule has 0 aliphatic rings. The molecule has 0 amide bonds. The minimum Gasteiger partial charge on any atom is -0.497 e. The summed E-state index contributed by atoms with van der Waals surface area (Å²) in [7, 11) is 1.65. The van der Waals surface area contributed by atoms with Crippen LogP contribution in [-0.2, 0) is 0 Å². The van der Waals surface area contributed by atoms with Crippen molar-refractivity contribution >= 4 is 11.9 Å². The van der Waals surface area contributed by atoms with Gasteiger partial charge >= 0.3 is 0 Å². The first-order valence-corrected chi connectivity index (χ1v) is 8.20. The number of methoxy groups -OCH3 is 1. The average Bonchev–Trinajstić information content (AvgIpc) is 2.59. The van der Waals surface area contributed by atoms with Crippen LogP contribution in [-0.4, -0.2) is 26.5 Å². The molecule has 0 aromatic heterocycles. The lowest BCUT2D eigenvalue weighted by Crippen LogP contribution is -2.06. The maximum absolute atomic E-state index is 5.81. The highest BCUT2D eigenvalue weighted by Gasteiger charge is 2.07. The molecule has 4 nitrogen and oxygen atoms in total. The van der Waals surface area contributed by atoms with E-state index in [1.807, 2.05) is 55.6 Å². The van der Waals surface area contributed by atoms with Crippen LogP contribution in [0.4, 0.5) is 5.69 Å². The summed E-state index contributed by atoms with van der Waals surface area (Å²) in [5.74, 6) is 2.80. The molecule has 0 bridgehead atoms. The van der Waals surface area contributed by atoms with Gasteiger partial charge in [-0.15, -0.1) is 0 Å². The molecule has 0 spiro atoms. The van der Waals surface area contributed by atoms with Crippen molar-refractivity contribution in [3.8, 4) is 17.2 Å². The van der Waals surface area contributed by atoms with Gasteiger partial charge in [-0.2, -0.15) is 0 Å². The van der Waals surface area contributed by atoms with E-state index >= 15 is 0 Å². The van der Waals surface area contributed by atoms with Crippen LogP contribution in [0.15, 0.2) is 47.5 Å². The van der Waals surface area contributed by atoms with Crippen LogP contribution in [0, 0.1) is 5.92 Å². The van der Waals surface area contributed by atoms with Gasteiger partial charge < -0.3 is 14.2 Å². The van der Waals surface area contributed by atoms with Crippen LogP contribution >= 0.6 is 0 Å². The molecular formula is C20H25NO3. The Balaban J connectivity index is 2.14. The monoisotopic (exact) mass is 327 g/mol. The highest BCUT2D eigenvalue weighted by Crippen LogP contribution is 2.28. The number of aliphatic imine (C=N–C) groups is 1. The molecule has 0 radical (unpaired) electrons. The first kappa shape index (κ1) is 17.9. The Hall–Kier alpha value is -2.49. The molecule has 0 unspecified atom stereocenters. The fraction of sp³-hybridized carbons (Fsp3) is 0.350. The zero-order valence-corrected chi connectivity index (χ0v) is 14.8. The second-order valence-electron chi connectivity index (χ2n) is 5.80. The third-order valence-electron chi connectivity index (χ3n) is 3.27. The van der Waals surface area contributed by atoms with Crippen molar-refractivity contribution in [2.24, 2.45) is 10.9 Å². The number of rotatable bonds is 8. The lowest BCUT2D eigenvalue weighted by molar-refractivity contribution is 0.248. The van der Waals surface area contributed by atoms with Crippen molar-refractivity contribution in [1.82, 2.24) is 0 Å². The van der Waals surface area contributed by atoms with Gasteiger partial charge in [0.25, 0.3) is 0 Å². The summed E-state index contributed by atoms with van der Waals surface area (Å²) in [6.45, 7) is 7.47. The standard InChI is InChI=1S/C20H25NO3/c1-5-23-20-12-16(6-11-19(20)24-14-15(2)3)13-21-17-7-9-18(22-4)10-8-17/h6-13,15H,5,14H2,1-4H3. The quantitative estimate of drug-likeness (QED) is 0.649. The number of nitrogens with zero attached hydrogens (tertiary/aromatic N) is 1. The predicted molar refractivity (Wildman–Crippen MR) is 98.2 cm³/mol. The molecule has 0 fully saturated rings. The topological polar surface area (TPSA) is 40.0 Å². The molecule has 0 saturated carbocycles. The summed E-state index contributed by atoms with van der Waals surface area (Å²) < 4.78 is 16.6. The maximum atomic E-state index is 5.81. The summed E-state index contributed by atoms with van der Waals surface area (Å²) >= 11 is 0. The van der Waals surface area contributed by atoms with E-state index in [1.165, 1.54) is 0 Å². The third-order valence-corrected chi connectivity index (χ3v) is 3.27. The van der Waals surface area contributed by atoms with Gasteiger partial charge in [0, 0.05) is 6.21 Å². The van der Waals surface area contributed by atoms with Crippen molar-refractivity contribution in [2.45, 2.75) is 20.8 Å². The van der Waals surface area contributed by atoms with Gasteiger partial charge in [-0.3, -0.25) is 4.99 Å². The molecule has 0 heterocycles. The molecular weight excluding hydrogens is 302 g/mol. The van der Waals surface area contributed by atoms with Gasteiger partial charge in [0.15, 0.2) is 11.5 Å². The number of hydrogen-bond acceptors (Lipinski definition) is 4. The van der Waals surface area contributed by atoms with Crippen molar-refractivity contribution in [2.75, 3.05) is 20.3 Å². The second kappa shape index (κ2) is 8.96. The second-order valence-corrected chi connectivity index (χ2v) is 5.80. The van der Waals surface area contributed by atoms with Gasteiger partial charge in [0.2, 0.25) is 0 Å². The van der Waals surface area contributed by atoms with Crippen LogP contribution in [0.25, 0.3) is 0 Å². The van der Waals surface area contributed by atoms with Crippen molar-refractivity contribution in [3.05, 3.63) is 48.0 Å². The predicted octanol–water partition coefficient (Wildman–Crippen LogP) is 4.88. The lowest BCUT2D eigenvalue weighted by atomic mass is 10.2. The number of benzene rings is 2. The normalized spacial score (nSPS) is 11.0. The third kappa shape index (κ3) is 5.30. The molecule has 128 valence electrons. The van der Waals surface area contributed by atoms with E-state index in [-0.39, 0.29) is 0 Å². The highest BCUT2D eigenvalue weighted by atomic mass is 16.5. The number of hydrogen-bond donors (Lipinski definition) is 0. The Kier molecular flexibility index (Phi) is 6.67. The minimum absolute atomic E-state index is 0.468. The van der Waals surface area contributed by atoms with E-state index in [9.17, 15) is 0 Å². The van der Waals surface area contributed by atoms with E-state index in [0.29, 0.717) is 19.1 Å². The smallest absolute Gasteiger partial charge is 0.161 e. The van der Waals surface area contributed by atoms with E-state index in [2.05, 4.69) is 18.8 Å². The lowest BCUT2D eigenvalue weighted by Gasteiger charge is -2.13. The summed E-state index contributed by atoms with van der Waals surface area (Å²) in [5, 5.41) is 0. The first-order valence-electron chi connectivity index (χ1n) is 8.20. The van der Waals surface area contributed by atoms with Crippen molar-refractivity contribution in [3.63, 3.8) is 0 Å². The fourth-order valence-corrected chi connectivity index (χ4v) is 2.07. The van der Waals surface area contributed by atoms with E-state index in [4.69, 9.17) is 14.2 Å². The molecule has 0 aliphatic heterocycles. The van der Waals surface area contributed by atoms with Crippen LogP contribution < -0.4 is 14.2 Å². The molecule has 0 aliphatic carbocycles. The molecule has 0 saturated heterocycles.